The van der Waals surface area contributed by atoms with Crippen LogP contribution in [-0.2, 0) is 14.8 Å². The molecular formula is C15H19N3O5S. The highest BCUT2D eigenvalue weighted by atomic mass is 32.2. The maximum absolute atomic E-state index is 12.8. The average molecular weight is 353 g/mol. The number of hydrogen-bond donors (Lipinski definition) is 0. The molecule has 130 valence electrons. The highest BCUT2D eigenvalue weighted by molar-refractivity contribution is 7.89. The Kier molecular flexibility index (Phi) is 4.83. The first kappa shape index (κ1) is 16.9. The van der Waals surface area contributed by atoms with Crippen LogP contribution in [0, 0.1) is 6.92 Å². The number of morpholine rings is 1. The average Bonchev–Trinajstić information content (AvgIpc) is 3.02. The molecule has 0 atom stereocenters. The van der Waals surface area contributed by atoms with E-state index in [1.807, 2.05) is 6.92 Å². The van der Waals surface area contributed by atoms with Crippen molar-refractivity contribution < 1.29 is 22.4 Å². The Labute approximate surface area is 140 Å². The van der Waals surface area contributed by atoms with Crippen LogP contribution in [0.2, 0.25) is 0 Å². The van der Waals surface area contributed by atoms with Crippen LogP contribution in [0.15, 0.2) is 27.6 Å². The molecule has 0 amide bonds. The van der Waals surface area contributed by atoms with Gasteiger partial charge in [-0.1, -0.05) is 5.16 Å². The van der Waals surface area contributed by atoms with Gasteiger partial charge in [0.1, 0.15) is 5.75 Å². The molecule has 0 unspecified atom stereocenters. The van der Waals surface area contributed by atoms with Crippen LogP contribution in [-0.4, -0.2) is 55.8 Å². The van der Waals surface area contributed by atoms with Crippen LogP contribution in [0.4, 0.5) is 0 Å². The van der Waals surface area contributed by atoms with Crippen molar-refractivity contribution in [2.45, 2.75) is 18.7 Å². The van der Waals surface area contributed by atoms with Crippen LogP contribution in [0.25, 0.3) is 11.5 Å². The van der Waals surface area contributed by atoms with Gasteiger partial charge in [0.15, 0.2) is 5.82 Å². The lowest BCUT2D eigenvalue weighted by Gasteiger charge is -2.26. The fourth-order valence-electron chi connectivity index (χ4n) is 2.46. The second kappa shape index (κ2) is 6.88. The van der Waals surface area contributed by atoms with E-state index in [1.165, 1.54) is 16.4 Å². The minimum Gasteiger partial charge on any atom is -0.493 e. The number of ether oxygens (including phenoxy) is 2. The van der Waals surface area contributed by atoms with E-state index < -0.39 is 10.0 Å². The number of benzene rings is 1. The van der Waals surface area contributed by atoms with Gasteiger partial charge in [0, 0.05) is 13.1 Å². The normalized spacial score (nSPS) is 16.2. The Morgan fingerprint density at radius 3 is 2.67 bits per heavy atom. The van der Waals surface area contributed by atoms with Crippen LogP contribution in [0.1, 0.15) is 12.7 Å². The molecule has 0 radical (unpaired) electrons. The summed E-state index contributed by atoms with van der Waals surface area (Å²) in [6.45, 7) is 5.45. The number of hydrogen-bond acceptors (Lipinski definition) is 7. The fourth-order valence-corrected chi connectivity index (χ4v) is 3.90. The van der Waals surface area contributed by atoms with Gasteiger partial charge in [-0.25, -0.2) is 8.42 Å². The number of aryl methyl sites for hydroxylation is 1. The minimum atomic E-state index is -3.61. The SMILES string of the molecule is CCOc1ccc(S(=O)(=O)N2CCOCC2)cc1-c1nc(C)no1. The predicted molar refractivity (Wildman–Crippen MR) is 85.2 cm³/mol. The second-order valence-corrected chi connectivity index (χ2v) is 7.19. The monoisotopic (exact) mass is 353 g/mol. The van der Waals surface area contributed by atoms with Crippen molar-refractivity contribution in [3.05, 3.63) is 24.0 Å². The van der Waals surface area contributed by atoms with Gasteiger partial charge >= 0.3 is 0 Å². The van der Waals surface area contributed by atoms with Crippen molar-refractivity contribution in [3.63, 3.8) is 0 Å². The molecule has 0 N–H and O–H groups in total. The first-order valence-electron chi connectivity index (χ1n) is 7.68. The third kappa shape index (κ3) is 3.28. The second-order valence-electron chi connectivity index (χ2n) is 5.25. The summed E-state index contributed by atoms with van der Waals surface area (Å²) in [4.78, 5) is 4.34. The number of nitrogens with zero attached hydrogens (tertiary/aromatic N) is 3. The summed E-state index contributed by atoms with van der Waals surface area (Å²) in [7, 11) is -3.61. The van der Waals surface area contributed by atoms with E-state index in [4.69, 9.17) is 14.0 Å². The third-order valence-corrected chi connectivity index (χ3v) is 5.51. The Bertz CT molecular complexity index is 812. The Morgan fingerprint density at radius 1 is 1.29 bits per heavy atom. The van der Waals surface area contributed by atoms with Crippen molar-refractivity contribution in [1.82, 2.24) is 14.4 Å². The molecule has 0 saturated carbocycles. The molecule has 0 spiro atoms. The molecule has 0 aliphatic carbocycles. The van der Waals surface area contributed by atoms with Gasteiger partial charge in [0.2, 0.25) is 10.0 Å². The molecule has 1 aliphatic heterocycles. The maximum atomic E-state index is 12.8. The van der Waals surface area contributed by atoms with E-state index in [-0.39, 0.29) is 10.8 Å². The van der Waals surface area contributed by atoms with E-state index in [2.05, 4.69) is 10.1 Å². The standard InChI is InChI=1S/C15H19N3O5S/c1-3-22-14-5-4-12(10-13(14)15-16-11(2)17-23-15)24(19,20)18-6-8-21-9-7-18/h4-5,10H,3,6-9H2,1-2H3. The van der Waals surface area contributed by atoms with Crippen molar-refractivity contribution >= 4 is 10.0 Å². The fraction of sp³-hybridized carbons (Fsp3) is 0.467. The lowest BCUT2D eigenvalue weighted by atomic mass is 10.2. The summed E-state index contributed by atoms with van der Waals surface area (Å²) < 4.78 is 43.0. The molecule has 2 aromatic rings. The molecule has 3 rings (SSSR count). The van der Waals surface area contributed by atoms with Gasteiger partial charge < -0.3 is 14.0 Å². The summed E-state index contributed by atoms with van der Waals surface area (Å²) in [5.74, 6) is 1.20. The van der Waals surface area contributed by atoms with Crippen LogP contribution in [0.3, 0.4) is 0 Å². The highest BCUT2D eigenvalue weighted by Gasteiger charge is 2.28. The molecule has 1 aromatic heterocycles. The summed E-state index contributed by atoms with van der Waals surface area (Å²) in [6, 6.07) is 4.66. The smallest absolute Gasteiger partial charge is 0.261 e. The van der Waals surface area contributed by atoms with E-state index in [0.717, 1.165) is 0 Å². The van der Waals surface area contributed by atoms with Crippen molar-refractivity contribution in [1.29, 1.82) is 0 Å². The third-order valence-electron chi connectivity index (χ3n) is 3.62. The summed E-state index contributed by atoms with van der Waals surface area (Å²) in [5, 5.41) is 3.76. The zero-order valence-corrected chi connectivity index (χ0v) is 14.4. The van der Waals surface area contributed by atoms with Gasteiger partial charge in [-0.15, -0.1) is 0 Å². The van der Waals surface area contributed by atoms with Gasteiger partial charge in [-0.05, 0) is 32.0 Å². The number of aromatic nitrogens is 2. The van der Waals surface area contributed by atoms with Crippen LogP contribution >= 0.6 is 0 Å². The van der Waals surface area contributed by atoms with Gasteiger partial charge in [-0.3, -0.25) is 0 Å². The van der Waals surface area contributed by atoms with Gasteiger partial charge in [0.25, 0.3) is 5.89 Å². The maximum Gasteiger partial charge on any atom is 0.261 e. The molecule has 2 heterocycles. The van der Waals surface area contributed by atoms with Gasteiger partial charge in [0.05, 0.1) is 30.3 Å². The molecule has 1 fully saturated rings. The van der Waals surface area contributed by atoms with Crippen molar-refractivity contribution in [3.8, 4) is 17.2 Å². The molecule has 8 nitrogen and oxygen atoms in total. The number of rotatable bonds is 5. The minimum absolute atomic E-state index is 0.165. The Morgan fingerprint density at radius 2 is 2.04 bits per heavy atom. The lowest BCUT2D eigenvalue weighted by Crippen LogP contribution is -2.40. The van der Waals surface area contributed by atoms with Crippen molar-refractivity contribution in [2.75, 3.05) is 32.9 Å². The zero-order chi connectivity index (χ0) is 17.2. The molecule has 0 bridgehead atoms. The lowest BCUT2D eigenvalue weighted by molar-refractivity contribution is 0.0730. The molecular weight excluding hydrogens is 334 g/mol. The summed E-state index contributed by atoms with van der Waals surface area (Å²) >= 11 is 0. The van der Waals surface area contributed by atoms with Crippen LogP contribution < -0.4 is 4.74 Å². The molecule has 24 heavy (non-hydrogen) atoms. The molecule has 1 aromatic carbocycles. The topological polar surface area (TPSA) is 94.8 Å². The summed E-state index contributed by atoms with van der Waals surface area (Å²) in [6.07, 6.45) is 0. The molecule has 1 saturated heterocycles. The largest absolute Gasteiger partial charge is 0.493 e. The summed E-state index contributed by atoms with van der Waals surface area (Å²) in [5.41, 5.74) is 0.465. The predicted octanol–water partition coefficient (Wildman–Crippen LogP) is 1.46. The van der Waals surface area contributed by atoms with E-state index in [0.29, 0.717) is 50.0 Å². The van der Waals surface area contributed by atoms with Crippen molar-refractivity contribution in [2.24, 2.45) is 0 Å². The quantitative estimate of drug-likeness (QED) is 0.803. The number of sulfonamides is 1. The Hall–Kier alpha value is -1.97. The van der Waals surface area contributed by atoms with E-state index in [1.54, 1.807) is 13.0 Å². The molecule has 1 aliphatic rings. The van der Waals surface area contributed by atoms with E-state index in [9.17, 15) is 8.42 Å². The molecule has 9 heteroatoms. The Balaban J connectivity index is 2.03. The van der Waals surface area contributed by atoms with Crippen LogP contribution in [0.5, 0.6) is 5.75 Å². The first-order chi connectivity index (χ1) is 11.5. The van der Waals surface area contributed by atoms with Gasteiger partial charge in [-0.2, -0.15) is 9.29 Å². The van der Waals surface area contributed by atoms with E-state index >= 15 is 0 Å². The first-order valence-corrected chi connectivity index (χ1v) is 9.12. The highest BCUT2D eigenvalue weighted by Crippen LogP contribution is 2.32. The zero-order valence-electron chi connectivity index (χ0n) is 13.6.